The molecule has 1 aliphatic heterocycles. The van der Waals surface area contributed by atoms with Crippen molar-refractivity contribution in [2.45, 2.75) is 0 Å². The molecule has 0 atom stereocenters. The summed E-state index contributed by atoms with van der Waals surface area (Å²) >= 11 is 18.4. The van der Waals surface area contributed by atoms with E-state index in [4.69, 9.17) is 33.3 Å². The Bertz CT molecular complexity index is 1060. The fourth-order valence-electron chi connectivity index (χ4n) is 2.89. The smallest absolute Gasteiger partial charge is 0.325 e. The first-order chi connectivity index (χ1) is 14.3. The van der Waals surface area contributed by atoms with E-state index >= 15 is 0 Å². The van der Waals surface area contributed by atoms with Crippen LogP contribution < -0.4 is 9.64 Å². The van der Waals surface area contributed by atoms with E-state index in [0.29, 0.717) is 26.5 Å². The molecule has 0 radical (unpaired) electrons. The van der Waals surface area contributed by atoms with Crippen molar-refractivity contribution in [2.75, 3.05) is 25.7 Å². The minimum atomic E-state index is -0.531. The van der Waals surface area contributed by atoms with Crippen molar-refractivity contribution in [3.05, 3.63) is 61.6 Å². The first-order valence-corrected chi connectivity index (χ1v) is 10.9. The van der Waals surface area contributed by atoms with Crippen molar-refractivity contribution >= 4 is 84.4 Å². The number of methoxy groups -OCH3 is 2. The predicted octanol–water partition coefficient (Wildman–Crippen LogP) is 5.02. The molecule has 0 aromatic heterocycles. The van der Waals surface area contributed by atoms with Gasteiger partial charge in [0.1, 0.15) is 18.0 Å². The van der Waals surface area contributed by atoms with Crippen molar-refractivity contribution in [1.29, 1.82) is 0 Å². The Morgan fingerprint density at radius 1 is 1.20 bits per heavy atom. The molecule has 3 rings (SSSR count). The van der Waals surface area contributed by atoms with E-state index in [2.05, 4.69) is 31.9 Å². The summed E-state index contributed by atoms with van der Waals surface area (Å²) in [5.74, 6) is -0.381. The molecule has 2 aromatic carbocycles. The summed E-state index contributed by atoms with van der Waals surface area (Å²) in [6.45, 7) is -0.214. The largest absolute Gasteiger partial charge is 0.495 e. The normalized spacial score (nSPS) is 15.2. The van der Waals surface area contributed by atoms with E-state index in [0.717, 1.165) is 4.47 Å². The van der Waals surface area contributed by atoms with Crippen LogP contribution in [0.4, 0.5) is 5.69 Å². The first-order valence-electron chi connectivity index (χ1n) is 8.50. The zero-order chi connectivity index (χ0) is 22.0. The minimum absolute atomic E-state index is 0.159. The summed E-state index contributed by atoms with van der Waals surface area (Å²) in [4.78, 5) is 28.1. The Kier molecular flexibility index (Phi) is 7.18. The number of esters is 1. The average Bonchev–Trinajstić information content (AvgIpc) is 2.92. The van der Waals surface area contributed by atoms with Crippen molar-refractivity contribution in [3.63, 3.8) is 0 Å². The topological polar surface area (TPSA) is 59.1 Å². The van der Waals surface area contributed by atoms with Crippen LogP contribution in [0, 0.1) is 0 Å². The van der Waals surface area contributed by atoms with Gasteiger partial charge in [0.25, 0.3) is 5.91 Å². The Morgan fingerprint density at radius 3 is 2.47 bits per heavy atom. The van der Waals surface area contributed by atoms with Crippen molar-refractivity contribution in [2.24, 2.45) is 0 Å². The second kappa shape index (κ2) is 9.47. The number of rotatable bonds is 5. The minimum Gasteiger partial charge on any atom is -0.495 e. The summed E-state index contributed by atoms with van der Waals surface area (Å²) in [7, 11) is 2.81. The van der Waals surface area contributed by atoms with Gasteiger partial charge in [-0.05, 0) is 70.6 Å². The van der Waals surface area contributed by atoms with E-state index in [1.54, 1.807) is 36.4 Å². The van der Waals surface area contributed by atoms with Crippen molar-refractivity contribution in [3.8, 4) is 5.75 Å². The molecule has 156 valence electrons. The van der Waals surface area contributed by atoms with Crippen LogP contribution in [0.25, 0.3) is 6.08 Å². The highest BCUT2D eigenvalue weighted by Gasteiger charge is 2.40. The van der Waals surface area contributed by atoms with Gasteiger partial charge in [0.2, 0.25) is 0 Å². The fourth-order valence-corrected chi connectivity index (χ4v) is 4.79. The quantitative estimate of drug-likeness (QED) is 0.284. The lowest BCUT2D eigenvalue weighted by Crippen LogP contribution is -2.35. The predicted molar refractivity (Wildman–Crippen MR) is 127 cm³/mol. The monoisotopic (exact) mass is 572 g/mol. The second-order valence-electron chi connectivity index (χ2n) is 6.10. The van der Waals surface area contributed by atoms with Crippen LogP contribution in [0.3, 0.4) is 0 Å². The van der Waals surface area contributed by atoms with Crippen LogP contribution >= 0.6 is 55.7 Å². The fraction of sp³-hybridized carbons (Fsp3) is 0.150. The van der Waals surface area contributed by atoms with Crippen molar-refractivity contribution in [1.82, 2.24) is 4.90 Å². The number of hydrogen-bond donors (Lipinski definition) is 0. The standard InChI is InChI=1S/C20H15Br2ClN2O4S/c1-28-17(26)10-24-16(8-11-7-12(21)9-15(22)18(11)29-2)19(27)25(20(24)30)14-5-3-13(23)4-6-14/h3-9H,10H2,1-2H3/b16-8-. The lowest BCUT2D eigenvalue weighted by Gasteiger charge is -2.19. The van der Waals surface area contributed by atoms with Gasteiger partial charge in [-0.2, -0.15) is 0 Å². The maximum Gasteiger partial charge on any atom is 0.325 e. The number of thiocarbonyl (C=S) groups is 1. The molecular weight excluding hydrogens is 560 g/mol. The Balaban J connectivity index is 2.13. The molecule has 1 heterocycles. The summed E-state index contributed by atoms with van der Waals surface area (Å²) in [5, 5.41) is 0.689. The molecule has 0 unspecified atom stereocenters. The Morgan fingerprint density at radius 2 is 1.87 bits per heavy atom. The molecule has 1 fully saturated rings. The van der Waals surface area contributed by atoms with Gasteiger partial charge in [0, 0.05) is 15.1 Å². The van der Waals surface area contributed by atoms with E-state index in [9.17, 15) is 9.59 Å². The van der Waals surface area contributed by atoms with Crippen molar-refractivity contribution < 1.29 is 19.1 Å². The van der Waals surface area contributed by atoms with Gasteiger partial charge in [0.15, 0.2) is 5.11 Å². The lowest BCUT2D eigenvalue weighted by molar-refractivity contribution is -0.140. The second-order valence-corrected chi connectivity index (χ2v) is 8.67. The molecule has 10 heteroatoms. The number of carbonyl (C=O) groups is 2. The number of hydrogen-bond acceptors (Lipinski definition) is 5. The molecule has 0 aliphatic carbocycles. The molecule has 0 saturated carbocycles. The van der Waals surface area contributed by atoms with Gasteiger partial charge in [-0.1, -0.05) is 27.5 Å². The highest BCUT2D eigenvalue weighted by atomic mass is 79.9. The zero-order valence-electron chi connectivity index (χ0n) is 15.8. The Labute approximate surface area is 200 Å². The van der Waals surface area contributed by atoms with Gasteiger partial charge in [0.05, 0.1) is 24.4 Å². The van der Waals surface area contributed by atoms with Gasteiger partial charge >= 0.3 is 5.97 Å². The van der Waals surface area contributed by atoms with Gasteiger partial charge in [-0.15, -0.1) is 0 Å². The van der Waals surface area contributed by atoms with Gasteiger partial charge in [-0.25, -0.2) is 0 Å². The van der Waals surface area contributed by atoms with Crippen LogP contribution in [0.15, 0.2) is 51.0 Å². The maximum absolute atomic E-state index is 13.3. The Hall–Kier alpha value is -1.94. The van der Waals surface area contributed by atoms with E-state index < -0.39 is 5.97 Å². The average molecular weight is 575 g/mol. The van der Waals surface area contributed by atoms with E-state index in [1.807, 2.05) is 6.07 Å². The highest BCUT2D eigenvalue weighted by molar-refractivity contribution is 9.11. The van der Waals surface area contributed by atoms with Crippen LogP contribution in [-0.4, -0.2) is 42.7 Å². The molecule has 1 aliphatic rings. The van der Waals surface area contributed by atoms with Crippen LogP contribution in [0.1, 0.15) is 5.56 Å². The number of carbonyl (C=O) groups excluding carboxylic acids is 2. The maximum atomic E-state index is 13.3. The van der Waals surface area contributed by atoms with Crippen LogP contribution in [0.2, 0.25) is 5.02 Å². The molecule has 2 aromatic rings. The number of amides is 1. The number of halogens is 3. The van der Waals surface area contributed by atoms with E-state index in [-0.39, 0.29) is 23.3 Å². The summed E-state index contributed by atoms with van der Waals surface area (Å²) in [6.07, 6.45) is 1.63. The van der Waals surface area contributed by atoms with Gasteiger partial charge < -0.3 is 14.4 Å². The number of ether oxygens (including phenoxy) is 2. The SMILES string of the molecule is COC(=O)CN1C(=S)N(c2ccc(Cl)cc2)C(=O)/C1=C/c1cc(Br)cc(Br)c1OC. The molecule has 6 nitrogen and oxygen atoms in total. The zero-order valence-corrected chi connectivity index (χ0v) is 20.6. The molecule has 1 saturated heterocycles. The molecule has 0 spiro atoms. The first kappa shape index (κ1) is 22.7. The number of nitrogens with zero attached hydrogens (tertiary/aromatic N) is 2. The summed E-state index contributed by atoms with van der Waals surface area (Å²) in [5.41, 5.74) is 1.37. The molecule has 1 amide bonds. The third-order valence-corrected chi connectivity index (χ3v) is 5.97. The molecule has 0 N–H and O–H groups in total. The molecule has 30 heavy (non-hydrogen) atoms. The molecular formula is C20H15Br2ClN2O4S. The number of anilines is 1. The van der Waals surface area contributed by atoms with E-state index in [1.165, 1.54) is 24.0 Å². The number of benzene rings is 2. The third-order valence-electron chi connectivity index (χ3n) is 4.27. The van der Waals surface area contributed by atoms with Gasteiger partial charge in [-0.3, -0.25) is 14.5 Å². The summed E-state index contributed by atoms with van der Waals surface area (Å²) < 4.78 is 11.7. The lowest BCUT2D eigenvalue weighted by atomic mass is 10.1. The van der Waals surface area contributed by atoms with Crippen LogP contribution in [-0.2, 0) is 14.3 Å². The highest BCUT2D eigenvalue weighted by Crippen LogP contribution is 2.36. The van der Waals surface area contributed by atoms with Crippen LogP contribution in [0.5, 0.6) is 5.75 Å². The summed E-state index contributed by atoms with van der Waals surface area (Å²) in [6, 6.07) is 10.3. The molecule has 0 bridgehead atoms. The third kappa shape index (κ3) is 4.54.